The molecule has 0 aliphatic carbocycles. The molecule has 0 aromatic rings. The third-order valence-corrected chi connectivity index (χ3v) is 2.89. The van der Waals surface area contributed by atoms with Crippen molar-refractivity contribution in [2.75, 3.05) is 40.0 Å². The van der Waals surface area contributed by atoms with Crippen LogP contribution in [0.3, 0.4) is 0 Å². The second-order valence-corrected chi connectivity index (χ2v) is 4.06. The zero-order valence-corrected chi connectivity index (χ0v) is 10.1. The van der Waals surface area contributed by atoms with Crippen LogP contribution in [0.2, 0.25) is 0 Å². The number of hydrogen-bond acceptors (Lipinski definition) is 5. The zero-order valence-electron chi connectivity index (χ0n) is 10.1. The van der Waals surface area contributed by atoms with E-state index in [-0.39, 0.29) is 6.42 Å². The van der Waals surface area contributed by atoms with Crippen molar-refractivity contribution < 1.29 is 24.2 Å². The number of morpholine rings is 1. The van der Waals surface area contributed by atoms with Crippen molar-refractivity contribution >= 4 is 11.9 Å². The van der Waals surface area contributed by atoms with E-state index in [4.69, 9.17) is 9.84 Å². The summed E-state index contributed by atoms with van der Waals surface area (Å²) in [5.41, 5.74) is 0. The van der Waals surface area contributed by atoms with Crippen LogP contribution in [0.4, 0.5) is 0 Å². The molecule has 0 spiro atoms. The van der Waals surface area contributed by atoms with Crippen LogP contribution >= 0.6 is 0 Å². The molecule has 0 aromatic carbocycles. The molecule has 0 bridgehead atoms. The number of aliphatic carboxylic acids is 1. The Bertz CT molecular complexity index is 263. The van der Waals surface area contributed by atoms with Gasteiger partial charge in [0.25, 0.3) is 0 Å². The molecule has 1 aliphatic heterocycles. The number of rotatable bonds is 6. The monoisotopic (exact) mass is 245 g/mol. The van der Waals surface area contributed by atoms with Gasteiger partial charge in [0.05, 0.1) is 32.7 Å². The molecule has 98 valence electrons. The molecule has 0 unspecified atom stereocenters. The van der Waals surface area contributed by atoms with Gasteiger partial charge >= 0.3 is 11.9 Å². The van der Waals surface area contributed by atoms with E-state index >= 15 is 0 Å². The predicted molar refractivity (Wildman–Crippen MR) is 59.6 cm³/mol. The summed E-state index contributed by atoms with van der Waals surface area (Å²) in [4.78, 5) is 24.2. The van der Waals surface area contributed by atoms with Crippen LogP contribution in [0.1, 0.15) is 12.8 Å². The Balaban J connectivity index is 2.32. The van der Waals surface area contributed by atoms with Crippen LogP contribution in [0.5, 0.6) is 0 Å². The van der Waals surface area contributed by atoms with Gasteiger partial charge in [0, 0.05) is 13.1 Å². The number of hydrogen-bond donors (Lipinski definition) is 1. The minimum absolute atomic E-state index is 0.0594. The Morgan fingerprint density at radius 1 is 1.41 bits per heavy atom. The lowest BCUT2D eigenvalue weighted by Gasteiger charge is -2.27. The highest BCUT2D eigenvalue weighted by molar-refractivity contribution is 5.78. The van der Waals surface area contributed by atoms with Crippen molar-refractivity contribution in [2.24, 2.45) is 5.92 Å². The number of esters is 1. The maximum atomic E-state index is 11.1. The van der Waals surface area contributed by atoms with Gasteiger partial charge in [-0.05, 0) is 13.0 Å². The minimum atomic E-state index is -0.941. The van der Waals surface area contributed by atoms with Crippen LogP contribution in [0, 0.1) is 5.92 Å². The van der Waals surface area contributed by atoms with Gasteiger partial charge in [0.1, 0.15) is 0 Å². The van der Waals surface area contributed by atoms with Crippen molar-refractivity contribution in [3.8, 4) is 0 Å². The summed E-state index contributed by atoms with van der Waals surface area (Å²) in [5, 5.41) is 9.00. The van der Waals surface area contributed by atoms with Gasteiger partial charge in [-0.3, -0.25) is 14.5 Å². The first kappa shape index (κ1) is 13.9. The molecule has 1 aliphatic rings. The second-order valence-electron chi connectivity index (χ2n) is 4.06. The fourth-order valence-corrected chi connectivity index (χ4v) is 1.76. The van der Waals surface area contributed by atoms with E-state index in [2.05, 4.69) is 9.64 Å². The minimum Gasteiger partial charge on any atom is -0.481 e. The van der Waals surface area contributed by atoms with E-state index in [9.17, 15) is 9.59 Å². The fraction of sp³-hybridized carbons (Fsp3) is 0.818. The lowest BCUT2D eigenvalue weighted by molar-refractivity contribution is -0.150. The molecule has 1 fully saturated rings. The molecule has 0 aromatic heterocycles. The first-order chi connectivity index (χ1) is 8.13. The van der Waals surface area contributed by atoms with Crippen molar-refractivity contribution in [3.63, 3.8) is 0 Å². The Labute approximate surface area is 100 Å². The van der Waals surface area contributed by atoms with Gasteiger partial charge in [0.2, 0.25) is 0 Å². The molecule has 0 radical (unpaired) electrons. The van der Waals surface area contributed by atoms with Gasteiger partial charge in [0.15, 0.2) is 0 Å². The van der Waals surface area contributed by atoms with E-state index in [1.54, 1.807) is 0 Å². The summed E-state index contributed by atoms with van der Waals surface area (Å²) in [6, 6.07) is 0. The molecule has 6 heteroatoms. The number of carboxylic acid groups (broad SMARTS) is 1. The first-order valence-corrected chi connectivity index (χ1v) is 5.73. The number of methoxy groups -OCH3 is 1. The van der Waals surface area contributed by atoms with Crippen LogP contribution in [-0.2, 0) is 19.1 Å². The summed E-state index contributed by atoms with van der Waals surface area (Å²) < 4.78 is 9.69. The SMILES string of the molecule is COC(=O)C[C@@H](CCN1CCOCC1)C(=O)O. The Morgan fingerprint density at radius 3 is 2.59 bits per heavy atom. The smallest absolute Gasteiger partial charge is 0.307 e. The van der Waals surface area contributed by atoms with Crippen LogP contribution < -0.4 is 0 Å². The molecule has 1 atom stereocenters. The van der Waals surface area contributed by atoms with Crippen LogP contribution in [-0.4, -0.2) is 61.9 Å². The van der Waals surface area contributed by atoms with Crippen molar-refractivity contribution in [1.29, 1.82) is 0 Å². The quantitative estimate of drug-likeness (QED) is 0.662. The van der Waals surface area contributed by atoms with Crippen LogP contribution in [0.25, 0.3) is 0 Å². The van der Waals surface area contributed by atoms with Gasteiger partial charge < -0.3 is 14.6 Å². The van der Waals surface area contributed by atoms with Gasteiger partial charge in [-0.1, -0.05) is 0 Å². The normalized spacial score (nSPS) is 18.6. The average molecular weight is 245 g/mol. The lowest BCUT2D eigenvalue weighted by atomic mass is 10.0. The maximum absolute atomic E-state index is 11.1. The molecular weight excluding hydrogens is 226 g/mol. The molecule has 1 N–H and O–H groups in total. The van der Waals surface area contributed by atoms with Crippen molar-refractivity contribution in [2.45, 2.75) is 12.8 Å². The molecule has 17 heavy (non-hydrogen) atoms. The molecular formula is C11H19NO5. The summed E-state index contributed by atoms with van der Waals surface area (Å²) in [5.74, 6) is -2.08. The molecule has 0 amide bonds. The fourth-order valence-electron chi connectivity index (χ4n) is 1.76. The number of carbonyl (C=O) groups excluding carboxylic acids is 1. The second kappa shape index (κ2) is 7.24. The number of nitrogens with zero attached hydrogens (tertiary/aromatic N) is 1. The summed E-state index contributed by atoms with van der Waals surface area (Å²) >= 11 is 0. The van der Waals surface area contributed by atoms with Crippen LogP contribution in [0.15, 0.2) is 0 Å². The van der Waals surface area contributed by atoms with E-state index < -0.39 is 17.9 Å². The van der Waals surface area contributed by atoms with Gasteiger partial charge in [-0.2, -0.15) is 0 Å². The number of carboxylic acids is 1. The Hall–Kier alpha value is -1.14. The van der Waals surface area contributed by atoms with E-state index in [1.165, 1.54) is 7.11 Å². The highest BCUT2D eigenvalue weighted by Crippen LogP contribution is 2.12. The van der Waals surface area contributed by atoms with Crippen molar-refractivity contribution in [3.05, 3.63) is 0 Å². The highest BCUT2D eigenvalue weighted by atomic mass is 16.5. The third-order valence-electron chi connectivity index (χ3n) is 2.89. The Kier molecular flexibility index (Phi) is 5.93. The summed E-state index contributed by atoms with van der Waals surface area (Å²) in [6.45, 7) is 3.70. The third kappa shape index (κ3) is 5.14. The van der Waals surface area contributed by atoms with Gasteiger partial charge in [-0.25, -0.2) is 0 Å². The van der Waals surface area contributed by atoms with E-state index in [1.807, 2.05) is 0 Å². The largest absolute Gasteiger partial charge is 0.481 e. The van der Waals surface area contributed by atoms with E-state index in [0.29, 0.717) is 26.2 Å². The Morgan fingerprint density at radius 2 is 2.06 bits per heavy atom. The number of carbonyl (C=O) groups is 2. The predicted octanol–water partition coefficient (Wildman–Crippen LogP) is -0.0274. The molecule has 1 rings (SSSR count). The summed E-state index contributed by atoms with van der Waals surface area (Å²) in [6.07, 6.45) is 0.403. The molecule has 1 saturated heterocycles. The topological polar surface area (TPSA) is 76.1 Å². The average Bonchev–Trinajstić information content (AvgIpc) is 2.35. The van der Waals surface area contributed by atoms with Crippen molar-refractivity contribution in [1.82, 2.24) is 4.90 Å². The molecule has 6 nitrogen and oxygen atoms in total. The maximum Gasteiger partial charge on any atom is 0.307 e. The molecule has 0 saturated carbocycles. The summed E-state index contributed by atoms with van der Waals surface area (Å²) in [7, 11) is 1.27. The zero-order chi connectivity index (χ0) is 12.7. The standard InChI is InChI=1S/C11H19NO5/c1-16-10(13)8-9(11(14)15)2-3-12-4-6-17-7-5-12/h9H,2-8H2,1H3,(H,14,15)/t9-/m1/s1. The molecule has 1 heterocycles. The first-order valence-electron chi connectivity index (χ1n) is 5.73. The highest BCUT2D eigenvalue weighted by Gasteiger charge is 2.23. The lowest BCUT2D eigenvalue weighted by Crippen LogP contribution is -2.38. The van der Waals surface area contributed by atoms with E-state index in [0.717, 1.165) is 13.1 Å². The van der Waals surface area contributed by atoms with Gasteiger partial charge in [-0.15, -0.1) is 0 Å². The number of ether oxygens (including phenoxy) is 2.